The van der Waals surface area contributed by atoms with E-state index in [1.165, 1.54) is 24.7 Å². The molecule has 0 bridgehead atoms. The number of aromatic amines is 2. The molecule has 1 aromatic carbocycles. The number of para-hydroxylation sites is 1. The van der Waals surface area contributed by atoms with Crippen molar-refractivity contribution >= 4 is 96.7 Å². The van der Waals surface area contributed by atoms with Gasteiger partial charge in [-0.15, -0.1) is 0 Å². The summed E-state index contributed by atoms with van der Waals surface area (Å²) in [4.78, 5) is 155. The summed E-state index contributed by atoms with van der Waals surface area (Å²) in [6.07, 6.45) is 2.46. The van der Waals surface area contributed by atoms with Gasteiger partial charge in [-0.25, -0.2) is 19.7 Å². The molecule has 6 rings (SSSR count). The van der Waals surface area contributed by atoms with Crippen molar-refractivity contribution in [2.45, 2.75) is 113 Å². The molecule has 8 amide bonds. The molecule has 1 aliphatic rings. The second kappa shape index (κ2) is 27.4. The Morgan fingerprint density at radius 2 is 1.53 bits per heavy atom. The van der Waals surface area contributed by atoms with E-state index in [0.29, 0.717) is 22.9 Å². The average molecular weight is 1120 g/mol. The number of unbranched alkanes of at least 4 members (excludes halogenated alkanes) is 1. The zero-order chi connectivity index (χ0) is 56.8. The lowest BCUT2D eigenvalue weighted by Crippen LogP contribution is -2.63. The molecule has 19 N–H and O–H groups in total. The Morgan fingerprint density at radius 3 is 2.23 bits per heavy atom. The number of amides is 8. The Bertz CT molecular complexity index is 3110. The summed E-state index contributed by atoms with van der Waals surface area (Å²) >= 11 is 0. The highest BCUT2D eigenvalue weighted by Crippen LogP contribution is 2.24. The average Bonchev–Trinajstić information content (AvgIpc) is 4.03. The smallest absolute Gasteiger partial charge is 0.328 e. The van der Waals surface area contributed by atoms with E-state index in [1.54, 1.807) is 30.5 Å². The van der Waals surface area contributed by atoms with Crippen LogP contribution in [0.4, 0.5) is 5.82 Å². The van der Waals surface area contributed by atoms with Crippen molar-refractivity contribution in [3.8, 4) is 0 Å². The Kier molecular flexibility index (Phi) is 20.9. The first-order valence-corrected chi connectivity index (χ1v) is 26.9. The SMILES string of the molecule is CC(O)[C@H](NC(=O)[C@@H]1CSSC[C@H](NC(=O)[C@@H](N)Cn2ccc(=O)[nH]c2=O)C(=O)N[C@@H](Cn2cnc3c(N)ncnc32)C(=O)N[C@H](Cc2c[nH]c3ccccc23)C(=O)N[C@@H](CCCCN)C(=O)N[C@@H](C(C)O)C(=O)N1)C(N)=O. The molecular weight excluding hydrogens is 1060 g/mol. The van der Waals surface area contributed by atoms with Gasteiger partial charge in [0.2, 0.25) is 47.3 Å². The molecule has 0 radical (unpaired) electrons. The van der Waals surface area contributed by atoms with Crippen LogP contribution in [0.3, 0.4) is 0 Å². The van der Waals surface area contributed by atoms with Gasteiger partial charge in [-0.05, 0) is 51.3 Å². The van der Waals surface area contributed by atoms with E-state index < -0.39 is 132 Å². The van der Waals surface area contributed by atoms with Crippen LogP contribution < -0.4 is 71.4 Å². The number of benzene rings is 1. The Hall–Kier alpha value is -7.91. The maximum Gasteiger partial charge on any atom is 0.328 e. The first-order chi connectivity index (χ1) is 37.1. The third-order valence-electron chi connectivity index (χ3n) is 12.3. The molecule has 2 unspecified atom stereocenters. The Balaban J connectivity index is 1.44. The minimum atomic E-state index is -1.78. The lowest BCUT2D eigenvalue weighted by atomic mass is 10.0. The number of nitrogens with zero attached hydrogens (tertiary/aromatic N) is 5. The number of aliphatic hydroxyl groups excluding tert-OH is 2. The van der Waals surface area contributed by atoms with Gasteiger partial charge in [-0.1, -0.05) is 39.8 Å². The Morgan fingerprint density at radius 1 is 0.833 bits per heavy atom. The highest BCUT2D eigenvalue weighted by molar-refractivity contribution is 8.76. The normalized spacial score (nSPS) is 21.9. The van der Waals surface area contributed by atoms with E-state index in [-0.39, 0.29) is 54.3 Å². The summed E-state index contributed by atoms with van der Waals surface area (Å²) in [5, 5.41) is 39.7. The summed E-state index contributed by atoms with van der Waals surface area (Å²) < 4.78 is 2.34. The quantitative estimate of drug-likeness (QED) is 0.0305. The zero-order valence-electron chi connectivity index (χ0n) is 42.2. The number of rotatable bonds is 17. The monoisotopic (exact) mass is 1120 g/mol. The largest absolute Gasteiger partial charge is 0.391 e. The highest BCUT2D eigenvalue weighted by atomic mass is 33.1. The number of imidazole rings is 1. The number of anilines is 1. The van der Waals surface area contributed by atoms with E-state index in [0.717, 1.165) is 44.7 Å². The van der Waals surface area contributed by atoms with Gasteiger partial charge in [0, 0.05) is 47.3 Å². The maximum atomic E-state index is 15.0. The molecule has 420 valence electrons. The van der Waals surface area contributed by atoms with Crippen LogP contribution in [-0.4, -0.2) is 170 Å². The number of aromatic nitrogens is 7. The number of aliphatic hydroxyl groups is 2. The highest BCUT2D eigenvalue weighted by Gasteiger charge is 2.37. The second-order valence-electron chi connectivity index (χ2n) is 18.3. The van der Waals surface area contributed by atoms with Crippen molar-refractivity contribution in [2.75, 3.05) is 23.8 Å². The van der Waals surface area contributed by atoms with E-state index in [4.69, 9.17) is 22.9 Å². The summed E-state index contributed by atoms with van der Waals surface area (Å²) in [7, 11) is 1.72. The molecule has 1 saturated heterocycles. The lowest BCUT2D eigenvalue weighted by Gasteiger charge is -2.29. The molecule has 0 aliphatic carbocycles. The molecule has 32 heteroatoms. The number of nitrogens with one attached hydrogen (secondary N) is 9. The third kappa shape index (κ3) is 15.6. The van der Waals surface area contributed by atoms with Crippen LogP contribution in [0.25, 0.3) is 22.1 Å². The van der Waals surface area contributed by atoms with Crippen LogP contribution in [0.2, 0.25) is 0 Å². The fourth-order valence-electron chi connectivity index (χ4n) is 8.09. The number of nitrogens with two attached hydrogens (primary N) is 4. The molecule has 4 aromatic heterocycles. The summed E-state index contributed by atoms with van der Waals surface area (Å²) in [5.74, 6) is -8.83. The van der Waals surface area contributed by atoms with Crippen molar-refractivity contribution in [1.82, 2.24) is 71.3 Å². The fourth-order valence-corrected chi connectivity index (χ4v) is 10.4. The van der Waals surface area contributed by atoms with Gasteiger partial charge in [0.05, 0.1) is 31.6 Å². The van der Waals surface area contributed by atoms with Crippen molar-refractivity contribution < 1.29 is 48.6 Å². The number of carbonyl (C=O) groups is 8. The molecule has 10 atom stereocenters. The predicted octanol–water partition coefficient (Wildman–Crippen LogP) is -5.83. The second-order valence-corrected chi connectivity index (χ2v) is 20.8. The van der Waals surface area contributed by atoms with Crippen LogP contribution in [0.15, 0.2) is 65.0 Å². The molecular formula is C46H62N18O12S2. The van der Waals surface area contributed by atoms with Crippen LogP contribution in [0.5, 0.6) is 0 Å². The van der Waals surface area contributed by atoms with E-state index in [2.05, 4.69) is 62.1 Å². The fraction of sp³-hybridized carbons (Fsp3) is 0.457. The van der Waals surface area contributed by atoms with Crippen LogP contribution in [0, 0.1) is 0 Å². The number of hydrogen-bond acceptors (Lipinski definition) is 20. The van der Waals surface area contributed by atoms with E-state index in [9.17, 15) is 58.2 Å². The first-order valence-electron chi connectivity index (χ1n) is 24.4. The van der Waals surface area contributed by atoms with Gasteiger partial charge < -0.3 is 79.9 Å². The standard InChI is InChI=1S/C46H62N18O12S2/c1-21(65)33(37(50)68)61-44(74)31-18-78-77-17-30(58-39(69)25(48)15-63-12-10-32(67)60-46(63)76)43(73)57-29(16-64-20-54-35-36(49)52-19-53-38(35)64)42(72)56-28(13-23-14-51-26-8-4-3-7-24(23)26)41(71)55-27(9-5-6-11-47)40(70)62-34(22(2)66)45(75)59-31/h3-4,7-8,10,12,14,19-22,25,27-31,33-34,51,65-66H,5-6,9,11,13,15-18,47-48H2,1-2H3,(H2,50,68)(H,55,71)(H,56,72)(H,57,73)(H,58,69)(H,59,75)(H,61,74)(H,62,70)(H2,49,52,53)(H,60,67,76)/t21?,22?,25-,27-,28+,29-,30-,31-,33-,34-/m0/s1. The predicted molar refractivity (Wildman–Crippen MR) is 285 cm³/mol. The van der Waals surface area contributed by atoms with Gasteiger partial charge >= 0.3 is 5.69 Å². The molecule has 0 saturated carbocycles. The summed E-state index contributed by atoms with van der Waals surface area (Å²) in [5.41, 5.74) is 23.5. The lowest BCUT2D eigenvalue weighted by molar-refractivity contribution is -0.137. The minimum absolute atomic E-state index is 0.00331. The maximum absolute atomic E-state index is 15.0. The molecule has 78 heavy (non-hydrogen) atoms. The number of nitrogen functional groups attached to an aromatic ring is 1. The van der Waals surface area contributed by atoms with Crippen LogP contribution >= 0.6 is 21.6 Å². The van der Waals surface area contributed by atoms with Crippen molar-refractivity contribution in [3.63, 3.8) is 0 Å². The van der Waals surface area contributed by atoms with Crippen LogP contribution in [-0.2, 0) is 57.9 Å². The topological polar surface area (TPSA) is 480 Å². The van der Waals surface area contributed by atoms with Gasteiger partial charge in [0.25, 0.3) is 5.56 Å². The van der Waals surface area contributed by atoms with Crippen molar-refractivity contribution in [2.24, 2.45) is 17.2 Å². The van der Waals surface area contributed by atoms with Gasteiger partial charge in [0.15, 0.2) is 11.5 Å². The van der Waals surface area contributed by atoms with Crippen molar-refractivity contribution in [3.05, 3.63) is 81.8 Å². The molecule has 1 fully saturated rings. The summed E-state index contributed by atoms with van der Waals surface area (Å²) in [6.45, 7) is 1.67. The Labute approximate surface area is 450 Å². The summed E-state index contributed by atoms with van der Waals surface area (Å²) in [6, 6.07) is -4.60. The van der Waals surface area contributed by atoms with Gasteiger partial charge in [-0.3, -0.25) is 52.7 Å². The number of fused-ring (bicyclic) bond motifs is 2. The molecule has 5 aromatic rings. The van der Waals surface area contributed by atoms with Crippen molar-refractivity contribution in [1.29, 1.82) is 0 Å². The molecule has 0 spiro atoms. The number of primary amides is 1. The zero-order valence-corrected chi connectivity index (χ0v) is 43.8. The van der Waals surface area contributed by atoms with E-state index in [1.807, 2.05) is 0 Å². The first kappa shape index (κ1) is 59.3. The molecule has 30 nitrogen and oxygen atoms in total. The molecule has 5 heterocycles. The minimum Gasteiger partial charge on any atom is -0.391 e. The number of carbonyl (C=O) groups excluding carboxylic acids is 8. The van der Waals surface area contributed by atoms with Gasteiger partial charge in [-0.2, -0.15) is 0 Å². The third-order valence-corrected chi connectivity index (χ3v) is 14.8. The molecule has 1 aliphatic heterocycles. The van der Waals surface area contributed by atoms with Crippen LogP contribution in [0.1, 0.15) is 38.7 Å². The number of hydrogen-bond donors (Lipinski definition) is 15. The number of H-pyrrole nitrogens is 2. The van der Waals surface area contributed by atoms with Gasteiger partial charge in [0.1, 0.15) is 60.2 Å². The van der Waals surface area contributed by atoms with E-state index >= 15 is 0 Å².